The van der Waals surface area contributed by atoms with Gasteiger partial charge in [-0.05, 0) is 49.9 Å². The molecule has 0 spiro atoms. The number of amides is 2. The molecule has 0 radical (unpaired) electrons. The van der Waals surface area contributed by atoms with Crippen LogP contribution in [-0.4, -0.2) is 23.1 Å². The van der Waals surface area contributed by atoms with Crippen molar-refractivity contribution in [2.24, 2.45) is 5.92 Å². The number of nitrogens with one attached hydrogen (secondary N) is 2. The quantitative estimate of drug-likeness (QED) is 0.791. The molecule has 0 heterocycles. The summed E-state index contributed by atoms with van der Waals surface area (Å²) in [4.78, 5) is 23.0. The predicted octanol–water partition coefficient (Wildman–Crippen LogP) is 3.17. The van der Waals surface area contributed by atoms with Crippen LogP contribution in [0.4, 0.5) is 10.5 Å². The van der Waals surface area contributed by atoms with Crippen LogP contribution in [0.15, 0.2) is 12.1 Å². The fourth-order valence-corrected chi connectivity index (χ4v) is 1.69. The van der Waals surface area contributed by atoms with Gasteiger partial charge in [0.25, 0.3) is 0 Å². The Balaban J connectivity index is 2.88. The van der Waals surface area contributed by atoms with Gasteiger partial charge in [-0.2, -0.15) is 0 Å². The smallest absolute Gasteiger partial charge is 0.336 e. The number of carbonyl (C=O) groups is 2. The lowest BCUT2D eigenvalue weighted by molar-refractivity contribution is 0.0696. The van der Waals surface area contributed by atoms with Crippen molar-refractivity contribution in [2.75, 3.05) is 5.32 Å². The Morgan fingerprint density at radius 3 is 2.25 bits per heavy atom. The number of aryl methyl sites for hydroxylation is 1. The number of benzene rings is 1. The fourth-order valence-electron chi connectivity index (χ4n) is 1.69. The van der Waals surface area contributed by atoms with Gasteiger partial charge in [-0.3, -0.25) is 0 Å². The summed E-state index contributed by atoms with van der Waals surface area (Å²) in [5.74, 6) is -0.666. The highest BCUT2D eigenvalue weighted by Gasteiger charge is 2.14. The molecule has 20 heavy (non-hydrogen) atoms. The third-order valence-electron chi connectivity index (χ3n) is 3.51. The summed E-state index contributed by atoms with van der Waals surface area (Å²) in [7, 11) is 0. The van der Waals surface area contributed by atoms with Gasteiger partial charge in [0.2, 0.25) is 0 Å². The lowest BCUT2D eigenvalue weighted by Gasteiger charge is -2.18. The maximum atomic E-state index is 11.8. The molecule has 0 aliphatic carbocycles. The van der Waals surface area contributed by atoms with Crippen LogP contribution in [0.25, 0.3) is 0 Å². The van der Waals surface area contributed by atoms with Crippen molar-refractivity contribution < 1.29 is 14.7 Å². The molecule has 0 aliphatic heterocycles. The second-order valence-electron chi connectivity index (χ2n) is 5.40. The van der Waals surface area contributed by atoms with Gasteiger partial charge in [0.1, 0.15) is 0 Å². The van der Waals surface area contributed by atoms with Crippen molar-refractivity contribution in [2.45, 2.75) is 40.7 Å². The Morgan fingerprint density at radius 1 is 1.15 bits per heavy atom. The molecule has 3 N–H and O–H groups in total. The summed E-state index contributed by atoms with van der Waals surface area (Å²) in [5, 5.41) is 14.6. The van der Waals surface area contributed by atoms with E-state index in [9.17, 15) is 9.59 Å². The highest BCUT2D eigenvalue weighted by Crippen LogP contribution is 2.20. The molecule has 0 aromatic heterocycles. The first-order valence-corrected chi connectivity index (χ1v) is 6.64. The monoisotopic (exact) mass is 278 g/mol. The number of aromatic carboxylic acids is 1. The number of rotatable bonds is 4. The highest BCUT2D eigenvalue weighted by molar-refractivity contribution is 5.94. The Hall–Kier alpha value is -2.04. The summed E-state index contributed by atoms with van der Waals surface area (Å²) in [5.41, 5.74) is 2.23. The molecule has 0 saturated heterocycles. The summed E-state index contributed by atoms with van der Waals surface area (Å²) in [6, 6.07) is 2.96. The Bertz CT molecular complexity index is 524. The van der Waals surface area contributed by atoms with E-state index >= 15 is 0 Å². The maximum absolute atomic E-state index is 11.8. The molecule has 5 heteroatoms. The van der Waals surface area contributed by atoms with E-state index in [2.05, 4.69) is 10.6 Å². The van der Waals surface area contributed by atoms with E-state index in [1.54, 1.807) is 13.0 Å². The third kappa shape index (κ3) is 3.98. The van der Waals surface area contributed by atoms with Crippen LogP contribution >= 0.6 is 0 Å². The molecule has 0 saturated carbocycles. The van der Waals surface area contributed by atoms with Gasteiger partial charge in [-0.15, -0.1) is 0 Å². The lowest BCUT2D eigenvalue weighted by atomic mass is 10.0. The van der Waals surface area contributed by atoms with Gasteiger partial charge in [0.15, 0.2) is 0 Å². The molecule has 0 bridgehead atoms. The van der Waals surface area contributed by atoms with Crippen LogP contribution in [0.1, 0.15) is 42.3 Å². The van der Waals surface area contributed by atoms with Gasteiger partial charge in [0, 0.05) is 11.7 Å². The minimum atomic E-state index is -0.995. The molecule has 2 amide bonds. The van der Waals surface area contributed by atoms with E-state index in [-0.39, 0.29) is 17.6 Å². The number of carbonyl (C=O) groups excluding carboxylic acids is 1. The van der Waals surface area contributed by atoms with E-state index in [0.717, 1.165) is 5.56 Å². The topological polar surface area (TPSA) is 78.4 Å². The van der Waals surface area contributed by atoms with Crippen LogP contribution < -0.4 is 10.6 Å². The van der Waals surface area contributed by atoms with Crippen LogP contribution in [0.5, 0.6) is 0 Å². The number of carboxylic acids is 1. The standard InChI is InChI=1S/C15H22N2O3/c1-8(2)11(5)16-15(20)17-12-6-9(3)10(4)13(7-12)14(18)19/h6-8,11H,1-5H3,(H,18,19)(H2,16,17,20). The molecule has 110 valence electrons. The normalized spacial score (nSPS) is 12.1. The second-order valence-corrected chi connectivity index (χ2v) is 5.40. The fraction of sp³-hybridized carbons (Fsp3) is 0.467. The van der Waals surface area contributed by atoms with Crippen LogP contribution in [0, 0.1) is 19.8 Å². The first kappa shape index (κ1) is 16.0. The molecule has 5 nitrogen and oxygen atoms in total. The number of anilines is 1. The van der Waals surface area contributed by atoms with Crippen molar-refractivity contribution in [3.05, 3.63) is 28.8 Å². The molecule has 0 fully saturated rings. The molecule has 1 atom stereocenters. The number of hydrogen-bond donors (Lipinski definition) is 3. The van der Waals surface area contributed by atoms with Gasteiger partial charge in [0.05, 0.1) is 5.56 Å². The molecular weight excluding hydrogens is 256 g/mol. The van der Waals surface area contributed by atoms with Crippen molar-refractivity contribution in [1.82, 2.24) is 5.32 Å². The first-order valence-electron chi connectivity index (χ1n) is 6.64. The Morgan fingerprint density at radius 2 is 1.75 bits per heavy atom. The average molecular weight is 278 g/mol. The molecule has 0 aliphatic rings. The van der Waals surface area contributed by atoms with E-state index in [1.807, 2.05) is 27.7 Å². The predicted molar refractivity (Wildman–Crippen MR) is 79.3 cm³/mol. The number of carboxylic acid groups (broad SMARTS) is 1. The third-order valence-corrected chi connectivity index (χ3v) is 3.51. The minimum absolute atomic E-state index is 0.0421. The van der Waals surface area contributed by atoms with Crippen LogP contribution in [0.2, 0.25) is 0 Å². The summed E-state index contributed by atoms with van der Waals surface area (Å²) in [6.45, 7) is 9.53. The summed E-state index contributed by atoms with van der Waals surface area (Å²) < 4.78 is 0. The molecular formula is C15H22N2O3. The number of hydrogen-bond acceptors (Lipinski definition) is 2. The van der Waals surface area contributed by atoms with Crippen molar-refractivity contribution >= 4 is 17.7 Å². The van der Waals surface area contributed by atoms with E-state index < -0.39 is 5.97 Å². The van der Waals surface area contributed by atoms with E-state index in [4.69, 9.17) is 5.11 Å². The number of urea groups is 1. The van der Waals surface area contributed by atoms with Crippen molar-refractivity contribution in [1.29, 1.82) is 0 Å². The summed E-state index contributed by atoms with van der Waals surface area (Å²) in [6.07, 6.45) is 0. The molecule has 1 unspecified atom stereocenters. The van der Waals surface area contributed by atoms with E-state index in [1.165, 1.54) is 6.07 Å². The minimum Gasteiger partial charge on any atom is -0.478 e. The van der Waals surface area contributed by atoms with Crippen molar-refractivity contribution in [3.8, 4) is 0 Å². The average Bonchev–Trinajstić information content (AvgIpc) is 2.32. The largest absolute Gasteiger partial charge is 0.478 e. The lowest BCUT2D eigenvalue weighted by Crippen LogP contribution is -2.39. The van der Waals surface area contributed by atoms with Gasteiger partial charge in [-0.25, -0.2) is 9.59 Å². The van der Waals surface area contributed by atoms with Crippen molar-refractivity contribution in [3.63, 3.8) is 0 Å². The molecule has 1 rings (SSSR count). The zero-order valence-corrected chi connectivity index (χ0v) is 12.6. The second kappa shape index (κ2) is 6.41. The maximum Gasteiger partial charge on any atom is 0.336 e. The molecule has 1 aromatic carbocycles. The van der Waals surface area contributed by atoms with Crippen LogP contribution in [0.3, 0.4) is 0 Å². The Kier molecular flexibility index (Phi) is 5.13. The van der Waals surface area contributed by atoms with Crippen LogP contribution in [-0.2, 0) is 0 Å². The Labute approximate surface area is 119 Å². The zero-order valence-electron chi connectivity index (χ0n) is 12.6. The van der Waals surface area contributed by atoms with Gasteiger partial charge in [-0.1, -0.05) is 13.8 Å². The van der Waals surface area contributed by atoms with E-state index in [0.29, 0.717) is 17.2 Å². The highest BCUT2D eigenvalue weighted by atomic mass is 16.4. The molecule has 1 aromatic rings. The SMILES string of the molecule is Cc1cc(NC(=O)NC(C)C(C)C)cc(C(=O)O)c1C. The van der Waals surface area contributed by atoms with Gasteiger partial charge >= 0.3 is 12.0 Å². The zero-order chi connectivity index (χ0) is 15.4. The summed E-state index contributed by atoms with van der Waals surface area (Å²) >= 11 is 0. The first-order chi connectivity index (χ1) is 9.22. The van der Waals surface area contributed by atoms with Gasteiger partial charge < -0.3 is 15.7 Å².